The number of thioether (sulfide) groups is 1. The molecule has 0 spiro atoms. The number of aryl methyl sites for hydroxylation is 1. The van der Waals surface area contributed by atoms with Gasteiger partial charge in [-0.2, -0.15) is 0 Å². The number of aromatic nitrogens is 1. The highest BCUT2D eigenvalue weighted by Crippen LogP contribution is 2.55. The second-order valence-corrected chi connectivity index (χ2v) is 8.28. The molecule has 0 radical (unpaired) electrons. The average molecular weight is 368 g/mol. The maximum Gasteiger partial charge on any atom is 0.0465 e. The number of hydrogen-bond acceptors (Lipinski definition) is 1. The van der Waals surface area contributed by atoms with E-state index in [1.54, 1.807) is 0 Å². The quantitative estimate of drug-likeness (QED) is 0.404. The molecule has 1 aliphatic heterocycles. The number of benzene rings is 3. The van der Waals surface area contributed by atoms with Gasteiger partial charge in [0.25, 0.3) is 0 Å². The van der Waals surface area contributed by atoms with Crippen LogP contribution < -0.4 is 0 Å². The third-order valence-corrected chi connectivity index (χ3v) is 6.84. The molecular weight excluding hydrogens is 346 g/mol. The highest BCUT2D eigenvalue weighted by molar-refractivity contribution is 8.09. The predicted octanol–water partition coefficient (Wildman–Crippen LogP) is 7.22. The molecule has 1 nitrogen and oxygen atoms in total. The summed E-state index contributed by atoms with van der Waals surface area (Å²) >= 11 is 2.00. The van der Waals surface area contributed by atoms with Crippen LogP contribution >= 0.6 is 11.8 Å². The molecule has 0 aliphatic carbocycles. The molecule has 132 valence electrons. The summed E-state index contributed by atoms with van der Waals surface area (Å²) < 4.78 is 0. The van der Waals surface area contributed by atoms with E-state index < -0.39 is 0 Å². The zero-order chi connectivity index (χ0) is 18.2. The third-order valence-electron chi connectivity index (χ3n) is 5.40. The largest absolute Gasteiger partial charge is 0.355 e. The number of para-hydroxylation sites is 1. The van der Waals surface area contributed by atoms with Crippen molar-refractivity contribution >= 4 is 33.1 Å². The molecule has 0 saturated heterocycles. The number of rotatable bonds is 3. The van der Waals surface area contributed by atoms with Crippen LogP contribution in [0.15, 0.2) is 84.9 Å². The predicted molar refractivity (Wildman–Crippen MR) is 118 cm³/mol. The Labute approximate surface area is 164 Å². The van der Waals surface area contributed by atoms with Gasteiger partial charge in [0.2, 0.25) is 0 Å². The Morgan fingerprint density at radius 2 is 1.48 bits per heavy atom. The molecule has 1 N–H and O–H groups in total. The lowest BCUT2D eigenvalue weighted by Crippen LogP contribution is -1.91. The van der Waals surface area contributed by atoms with Crippen molar-refractivity contribution in [3.8, 4) is 0 Å². The Balaban J connectivity index is 1.66. The molecule has 27 heavy (non-hydrogen) atoms. The first-order valence-electron chi connectivity index (χ1n) is 9.39. The van der Waals surface area contributed by atoms with Crippen molar-refractivity contribution in [2.24, 2.45) is 0 Å². The lowest BCUT2D eigenvalue weighted by Gasteiger charge is -2.10. The van der Waals surface area contributed by atoms with E-state index >= 15 is 0 Å². The molecule has 2 heteroatoms. The summed E-state index contributed by atoms with van der Waals surface area (Å²) in [6, 6.07) is 30.3. The molecule has 2 heterocycles. The Kier molecular flexibility index (Phi) is 4.14. The van der Waals surface area contributed by atoms with Gasteiger partial charge in [-0.15, -0.1) is 11.8 Å². The molecule has 1 atom stereocenters. The van der Waals surface area contributed by atoms with Crippen molar-refractivity contribution in [3.63, 3.8) is 0 Å². The Bertz CT molecular complexity index is 1120. The number of fused-ring (bicyclic) bond motifs is 1. The summed E-state index contributed by atoms with van der Waals surface area (Å²) in [7, 11) is 0. The highest BCUT2D eigenvalue weighted by Gasteiger charge is 2.29. The molecule has 4 aromatic rings. The zero-order valence-corrected chi connectivity index (χ0v) is 16.1. The summed E-state index contributed by atoms with van der Waals surface area (Å²) in [5.74, 6) is 0. The Hall–Kier alpha value is -2.71. The van der Waals surface area contributed by atoms with Crippen molar-refractivity contribution in [2.75, 3.05) is 0 Å². The molecule has 1 aromatic heterocycles. The summed E-state index contributed by atoms with van der Waals surface area (Å²) in [4.78, 5) is 5.11. The van der Waals surface area contributed by atoms with Crippen LogP contribution in [0, 0.1) is 6.92 Å². The maximum atomic E-state index is 3.71. The van der Waals surface area contributed by atoms with E-state index in [-0.39, 0.29) is 0 Å². The van der Waals surface area contributed by atoms with E-state index in [9.17, 15) is 0 Å². The zero-order valence-electron chi connectivity index (χ0n) is 15.3. The lowest BCUT2D eigenvalue weighted by atomic mass is 9.97. The van der Waals surface area contributed by atoms with E-state index in [0.29, 0.717) is 5.25 Å². The van der Waals surface area contributed by atoms with Gasteiger partial charge in [0.05, 0.1) is 0 Å². The Morgan fingerprint density at radius 3 is 2.22 bits per heavy atom. The minimum absolute atomic E-state index is 0.460. The molecule has 0 saturated carbocycles. The number of aromatic amines is 1. The fourth-order valence-electron chi connectivity index (χ4n) is 4.02. The van der Waals surface area contributed by atoms with Gasteiger partial charge in [0, 0.05) is 26.8 Å². The first-order valence-corrected chi connectivity index (χ1v) is 10.3. The standard InChI is InChI=1S/C25H21NS/c1-17-20-14-8-9-15-22(20)26-24(17)21-16-23(18-10-4-2-5-11-18)27-25(21)19-12-6-3-7-13-19/h2-15,23,26H,16H2,1H3. The second-order valence-electron chi connectivity index (χ2n) is 7.07. The minimum atomic E-state index is 0.460. The van der Waals surface area contributed by atoms with Gasteiger partial charge >= 0.3 is 0 Å². The third kappa shape index (κ3) is 2.90. The second kappa shape index (κ2) is 6.79. The topological polar surface area (TPSA) is 15.8 Å². The number of H-pyrrole nitrogens is 1. The minimum Gasteiger partial charge on any atom is -0.355 e. The van der Waals surface area contributed by atoms with Crippen molar-refractivity contribution in [2.45, 2.75) is 18.6 Å². The SMILES string of the molecule is Cc1c(C2=C(c3ccccc3)SC(c3ccccc3)C2)[nH]c2ccccc12. The smallest absolute Gasteiger partial charge is 0.0465 e. The van der Waals surface area contributed by atoms with Gasteiger partial charge < -0.3 is 4.98 Å². The van der Waals surface area contributed by atoms with Crippen molar-refractivity contribution in [3.05, 3.63) is 107 Å². The van der Waals surface area contributed by atoms with E-state index in [0.717, 1.165) is 6.42 Å². The van der Waals surface area contributed by atoms with E-state index in [1.165, 1.54) is 43.8 Å². The fourth-order valence-corrected chi connectivity index (χ4v) is 5.45. The number of allylic oxidation sites excluding steroid dienone is 1. The first kappa shape index (κ1) is 16.5. The van der Waals surface area contributed by atoms with Gasteiger partial charge in [-0.1, -0.05) is 78.9 Å². The monoisotopic (exact) mass is 367 g/mol. The van der Waals surface area contributed by atoms with Crippen LogP contribution in [0.2, 0.25) is 0 Å². The number of hydrogen-bond donors (Lipinski definition) is 1. The van der Waals surface area contributed by atoms with Crippen LogP contribution in [0.3, 0.4) is 0 Å². The molecule has 1 unspecified atom stereocenters. The summed E-state index contributed by atoms with van der Waals surface area (Å²) in [5.41, 5.74) is 8.02. The molecule has 0 bridgehead atoms. The molecule has 0 amide bonds. The van der Waals surface area contributed by atoms with E-state index in [4.69, 9.17) is 0 Å². The Morgan fingerprint density at radius 1 is 0.815 bits per heavy atom. The summed E-state index contributed by atoms with van der Waals surface area (Å²) in [5, 5.41) is 1.78. The van der Waals surface area contributed by atoms with Crippen molar-refractivity contribution in [1.82, 2.24) is 4.98 Å². The van der Waals surface area contributed by atoms with Crippen LogP contribution in [0.4, 0.5) is 0 Å². The molecular formula is C25H21NS. The van der Waals surface area contributed by atoms with Crippen LogP contribution in [-0.2, 0) is 0 Å². The highest BCUT2D eigenvalue weighted by atomic mass is 32.2. The van der Waals surface area contributed by atoms with Gasteiger partial charge in [-0.25, -0.2) is 0 Å². The molecule has 1 aliphatic rings. The molecule has 3 aromatic carbocycles. The first-order chi connectivity index (χ1) is 13.3. The van der Waals surface area contributed by atoms with E-state index in [2.05, 4.69) is 96.8 Å². The van der Waals surface area contributed by atoms with Crippen molar-refractivity contribution < 1.29 is 0 Å². The average Bonchev–Trinajstić information content (AvgIpc) is 3.31. The van der Waals surface area contributed by atoms with Crippen LogP contribution in [0.5, 0.6) is 0 Å². The van der Waals surface area contributed by atoms with Gasteiger partial charge in [0.15, 0.2) is 0 Å². The van der Waals surface area contributed by atoms with Crippen LogP contribution in [0.1, 0.15) is 34.1 Å². The molecule has 0 fully saturated rings. The summed E-state index contributed by atoms with van der Waals surface area (Å²) in [6.45, 7) is 2.24. The normalized spacial score (nSPS) is 17.0. The number of nitrogens with one attached hydrogen (secondary N) is 1. The van der Waals surface area contributed by atoms with Crippen molar-refractivity contribution in [1.29, 1.82) is 0 Å². The van der Waals surface area contributed by atoms with Crippen LogP contribution in [0.25, 0.3) is 21.4 Å². The van der Waals surface area contributed by atoms with E-state index in [1.807, 2.05) is 11.8 Å². The lowest BCUT2D eigenvalue weighted by molar-refractivity contribution is 0.997. The van der Waals surface area contributed by atoms with Gasteiger partial charge in [0.1, 0.15) is 0 Å². The van der Waals surface area contributed by atoms with Gasteiger partial charge in [-0.05, 0) is 41.7 Å². The van der Waals surface area contributed by atoms with Gasteiger partial charge in [-0.3, -0.25) is 0 Å². The maximum absolute atomic E-state index is 3.71. The summed E-state index contributed by atoms with van der Waals surface area (Å²) in [6.07, 6.45) is 1.05. The molecule has 5 rings (SSSR count). The fraction of sp³-hybridized carbons (Fsp3) is 0.120. The van der Waals surface area contributed by atoms with Crippen LogP contribution in [-0.4, -0.2) is 4.98 Å².